The van der Waals surface area contributed by atoms with Crippen molar-refractivity contribution in [2.75, 3.05) is 10.6 Å². The van der Waals surface area contributed by atoms with Crippen molar-refractivity contribution >= 4 is 40.5 Å². The first kappa shape index (κ1) is 16.6. The normalized spacial score (nSPS) is 9.83. The van der Waals surface area contributed by atoms with E-state index in [0.717, 1.165) is 0 Å². The maximum atomic E-state index is 12.8. The molecule has 0 atom stereocenters. The minimum Gasteiger partial charge on any atom is -0.332 e. The molecule has 2 aromatic rings. The van der Waals surface area contributed by atoms with Crippen LogP contribution in [0.1, 0.15) is 17.3 Å². The zero-order valence-corrected chi connectivity index (χ0v) is 13.0. The molecule has 0 saturated heterocycles. The molecule has 5 nitrogen and oxygen atoms in total. The lowest BCUT2D eigenvalue weighted by Crippen LogP contribution is -2.34. The lowest BCUT2D eigenvalue weighted by atomic mass is 10.2. The van der Waals surface area contributed by atoms with Crippen LogP contribution in [0.5, 0.6) is 0 Å². The van der Waals surface area contributed by atoms with Crippen molar-refractivity contribution in [3.05, 3.63) is 59.9 Å². The van der Waals surface area contributed by atoms with Crippen molar-refractivity contribution in [3.8, 4) is 0 Å². The molecule has 3 N–H and O–H groups in total. The zero-order valence-electron chi connectivity index (χ0n) is 12.2. The SMILES string of the molecule is CC(=O)Nc1cccc(NC(=S)NC(=O)c2ccc(F)cc2)c1. The van der Waals surface area contributed by atoms with Gasteiger partial charge in [0.05, 0.1) is 0 Å². The number of hydrogen-bond donors (Lipinski definition) is 3. The molecular formula is C16H14FN3O2S. The Hall–Kier alpha value is -2.80. The molecule has 0 unspecified atom stereocenters. The highest BCUT2D eigenvalue weighted by molar-refractivity contribution is 7.80. The fraction of sp³-hybridized carbons (Fsp3) is 0.0625. The summed E-state index contributed by atoms with van der Waals surface area (Å²) >= 11 is 5.06. The Morgan fingerprint density at radius 3 is 2.22 bits per heavy atom. The van der Waals surface area contributed by atoms with Crippen LogP contribution in [0.4, 0.5) is 15.8 Å². The Labute approximate surface area is 137 Å². The summed E-state index contributed by atoms with van der Waals surface area (Å²) in [6.07, 6.45) is 0. The first-order chi connectivity index (χ1) is 10.9. The van der Waals surface area contributed by atoms with Gasteiger partial charge in [0, 0.05) is 23.9 Å². The van der Waals surface area contributed by atoms with E-state index in [2.05, 4.69) is 16.0 Å². The molecule has 2 amide bonds. The lowest BCUT2D eigenvalue weighted by molar-refractivity contribution is -0.114. The van der Waals surface area contributed by atoms with Gasteiger partial charge in [-0.05, 0) is 54.7 Å². The van der Waals surface area contributed by atoms with Gasteiger partial charge < -0.3 is 10.6 Å². The smallest absolute Gasteiger partial charge is 0.257 e. The van der Waals surface area contributed by atoms with Crippen molar-refractivity contribution in [2.45, 2.75) is 6.92 Å². The molecule has 2 aromatic carbocycles. The summed E-state index contributed by atoms with van der Waals surface area (Å²) in [6, 6.07) is 12.0. The topological polar surface area (TPSA) is 70.2 Å². The van der Waals surface area contributed by atoms with Crippen LogP contribution in [0.15, 0.2) is 48.5 Å². The fourth-order valence-electron chi connectivity index (χ4n) is 1.82. The Kier molecular flexibility index (Phi) is 5.37. The molecule has 0 aliphatic heterocycles. The van der Waals surface area contributed by atoms with Crippen LogP contribution >= 0.6 is 12.2 Å². The van der Waals surface area contributed by atoms with E-state index in [1.807, 2.05) is 0 Å². The minimum absolute atomic E-state index is 0.0966. The number of amides is 2. The Balaban J connectivity index is 1.98. The average molecular weight is 331 g/mol. The monoisotopic (exact) mass is 331 g/mol. The summed E-state index contributed by atoms with van der Waals surface area (Å²) in [5.41, 5.74) is 1.51. The van der Waals surface area contributed by atoms with E-state index in [0.29, 0.717) is 16.9 Å². The first-order valence-electron chi connectivity index (χ1n) is 6.69. The minimum atomic E-state index is -0.444. The quantitative estimate of drug-likeness (QED) is 0.757. The molecule has 0 aliphatic carbocycles. The van der Waals surface area contributed by atoms with Crippen LogP contribution in [0.25, 0.3) is 0 Å². The van der Waals surface area contributed by atoms with Gasteiger partial charge in [-0.2, -0.15) is 0 Å². The van der Waals surface area contributed by atoms with E-state index in [-0.39, 0.29) is 11.0 Å². The largest absolute Gasteiger partial charge is 0.332 e. The lowest BCUT2D eigenvalue weighted by Gasteiger charge is -2.11. The summed E-state index contributed by atoms with van der Waals surface area (Å²) in [7, 11) is 0. The molecule has 0 aliphatic rings. The van der Waals surface area contributed by atoms with Crippen molar-refractivity contribution in [1.82, 2.24) is 5.32 Å². The van der Waals surface area contributed by atoms with Gasteiger partial charge in [0.1, 0.15) is 5.82 Å². The van der Waals surface area contributed by atoms with Gasteiger partial charge in [-0.25, -0.2) is 4.39 Å². The molecular weight excluding hydrogens is 317 g/mol. The van der Waals surface area contributed by atoms with Crippen LogP contribution < -0.4 is 16.0 Å². The average Bonchev–Trinajstić information content (AvgIpc) is 2.47. The summed E-state index contributed by atoms with van der Waals surface area (Å²) in [5, 5.41) is 8.08. The molecule has 0 heterocycles. The number of anilines is 2. The third kappa shape index (κ3) is 5.15. The Bertz CT molecular complexity index is 747. The molecule has 2 rings (SSSR count). The summed E-state index contributed by atoms with van der Waals surface area (Å²) < 4.78 is 12.8. The molecule has 0 spiro atoms. The summed E-state index contributed by atoms with van der Waals surface area (Å²) in [5.74, 6) is -1.05. The van der Waals surface area contributed by atoms with Gasteiger partial charge in [-0.1, -0.05) is 6.07 Å². The fourth-order valence-corrected chi connectivity index (χ4v) is 2.03. The predicted molar refractivity (Wildman–Crippen MR) is 90.8 cm³/mol. The number of thiocarbonyl (C=S) groups is 1. The molecule has 0 fully saturated rings. The van der Waals surface area contributed by atoms with E-state index in [1.54, 1.807) is 24.3 Å². The van der Waals surface area contributed by atoms with Gasteiger partial charge in [-0.3, -0.25) is 14.9 Å². The summed E-state index contributed by atoms with van der Waals surface area (Å²) in [6.45, 7) is 1.41. The van der Waals surface area contributed by atoms with Crippen LogP contribution in [-0.2, 0) is 4.79 Å². The Morgan fingerprint density at radius 1 is 1.00 bits per heavy atom. The maximum Gasteiger partial charge on any atom is 0.257 e. The number of nitrogens with one attached hydrogen (secondary N) is 3. The molecule has 23 heavy (non-hydrogen) atoms. The third-order valence-corrected chi connectivity index (χ3v) is 2.98. The molecule has 0 radical (unpaired) electrons. The van der Waals surface area contributed by atoms with E-state index in [1.165, 1.54) is 31.2 Å². The third-order valence-electron chi connectivity index (χ3n) is 2.77. The number of carbonyl (C=O) groups excluding carboxylic acids is 2. The van der Waals surface area contributed by atoms with Crippen LogP contribution in [0, 0.1) is 5.82 Å². The first-order valence-corrected chi connectivity index (χ1v) is 7.10. The molecule has 0 saturated carbocycles. The van der Waals surface area contributed by atoms with Crippen LogP contribution in [0.2, 0.25) is 0 Å². The highest BCUT2D eigenvalue weighted by atomic mass is 32.1. The van der Waals surface area contributed by atoms with Gasteiger partial charge in [0.2, 0.25) is 5.91 Å². The highest BCUT2D eigenvalue weighted by Gasteiger charge is 2.08. The second-order valence-electron chi connectivity index (χ2n) is 4.68. The molecule has 0 bridgehead atoms. The van der Waals surface area contributed by atoms with Crippen molar-refractivity contribution in [1.29, 1.82) is 0 Å². The number of hydrogen-bond acceptors (Lipinski definition) is 3. The standard InChI is InChI=1S/C16H14FN3O2S/c1-10(21)18-13-3-2-4-14(9-13)19-16(23)20-15(22)11-5-7-12(17)8-6-11/h2-9H,1H3,(H,18,21)(H2,19,20,22,23). The number of rotatable bonds is 3. The van der Waals surface area contributed by atoms with Crippen molar-refractivity contribution in [3.63, 3.8) is 0 Å². The van der Waals surface area contributed by atoms with Gasteiger partial charge in [0.25, 0.3) is 5.91 Å². The summed E-state index contributed by atoms with van der Waals surface area (Å²) in [4.78, 5) is 23.0. The van der Waals surface area contributed by atoms with Crippen molar-refractivity contribution in [2.24, 2.45) is 0 Å². The second-order valence-corrected chi connectivity index (χ2v) is 5.09. The zero-order chi connectivity index (χ0) is 16.8. The molecule has 0 aromatic heterocycles. The number of halogens is 1. The molecule has 118 valence electrons. The maximum absolute atomic E-state index is 12.8. The predicted octanol–water partition coefficient (Wildman–Crippen LogP) is 2.91. The second kappa shape index (κ2) is 7.46. The van der Waals surface area contributed by atoms with Gasteiger partial charge in [-0.15, -0.1) is 0 Å². The van der Waals surface area contributed by atoms with E-state index in [4.69, 9.17) is 12.2 Å². The van der Waals surface area contributed by atoms with Crippen molar-refractivity contribution < 1.29 is 14.0 Å². The molecule has 7 heteroatoms. The highest BCUT2D eigenvalue weighted by Crippen LogP contribution is 2.15. The van der Waals surface area contributed by atoms with Gasteiger partial charge >= 0.3 is 0 Å². The van der Waals surface area contributed by atoms with E-state index >= 15 is 0 Å². The van der Waals surface area contributed by atoms with E-state index < -0.39 is 11.7 Å². The van der Waals surface area contributed by atoms with Gasteiger partial charge in [0.15, 0.2) is 5.11 Å². The van der Waals surface area contributed by atoms with Crippen LogP contribution in [0.3, 0.4) is 0 Å². The van der Waals surface area contributed by atoms with E-state index in [9.17, 15) is 14.0 Å². The Morgan fingerprint density at radius 2 is 1.61 bits per heavy atom. The van der Waals surface area contributed by atoms with Crippen LogP contribution in [-0.4, -0.2) is 16.9 Å². The number of carbonyl (C=O) groups is 2. The number of benzene rings is 2.